The Morgan fingerprint density at radius 2 is 1.90 bits per heavy atom. The van der Waals surface area contributed by atoms with Gasteiger partial charge in [-0.25, -0.2) is 13.4 Å². The second kappa shape index (κ2) is 9.52. The van der Waals surface area contributed by atoms with Gasteiger partial charge in [0, 0.05) is 44.5 Å². The smallest absolute Gasteiger partial charge is 0.253 e. The largest absolute Gasteiger partial charge is 0.396 e. The summed E-state index contributed by atoms with van der Waals surface area (Å²) in [7, 11) is -3.56. The highest BCUT2D eigenvalue weighted by atomic mass is 32.2. The first-order chi connectivity index (χ1) is 14.3. The number of rotatable bonds is 7. The minimum absolute atomic E-state index is 0.0915. The number of piperidine rings is 1. The quantitative estimate of drug-likeness (QED) is 0.494. The first-order valence-electron chi connectivity index (χ1n) is 9.77. The number of aliphatic hydroxyl groups excluding tert-OH is 1. The summed E-state index contributed by atoms with van der Waals surface area (Å²) in [5.74, 6) is 0.145. The van der Waals surface area contributed by atoms with Crippen molar-refractivity contribution in [2.24, 2.45) is 11.7 Å². The van der Waals surface area contributed by atoms with Crippen molar-refractivity contribution in [3.8, 4) is 0 Å². The fourth-order valence-corrected chi connectivity index (χ4v) is 4.82. The van der Waals surface area contributed by atoms with Crippen LogP contribution in [0.4, 0.5) is 5.82 Å². The summed E-state index contributed by atoms with van der Waals surface area (Å²) in [6.07, 6.45) is 2.71. The molecule has 0 radical (unpaired) electrons. The predicted octanol–water partition coefficient (Wildman–Crippen LogP) is 0.446. The van der Waals surface area contributed by atoms with E-state index in [0.717, 1.165) is 5.56 Å². The summed E-state index contributed by atoms with van der Waals surface area (Å²) in [4.78, 5) is 16.5. The highest BCUT2D eigenvalue weighted by molar-refractivity contribution is 7.89. The van der Waals surface area contributed by atoms with E-state index in [1.807, 2.05) is 0 Å². The first kappa shape index (κ1) is 22.2. The second-order valence-corrected chi connectivity index (χ2v) is 9.27. The number of anilines is 1. The monoisotopic (exact) mass is 433 g/mol. The molecule has 0 bridgehead atoms. The maximum Gasteiger partial charge on any atom is 0.253 e. The molecule has 9 nitrogen and oxygen atoms in total. The topological polar surface area (TPSA) is 152 Å². The Hall–Kier alpha value is -2.53. The summed E-state index contributed by atoms with van der Waals surface area (Å²) >= 11 is 0. The van der Waals surface area contributed by atoms with Crippen LogP contribution >= 0.6 is 0 Å². The fraction of sp³-hybridized carbons (Fsp3) is 0.400. The molecule has 1 aliphatic heterocycles. The van der Waals surface area contributed by atoms with Crippen LogP contribution in [0.3, 0.4) is 0 Å². The minimum Gasteiger partial charge on any atom is -0.396 e. The number of pyridine rings is 1. The van der Waals surface area contributed by atoms with E-state index < -0.39 is 10.0 Å². The molecule has 3 rings (SSSR count). The zero-order valence-corrected chi connectivity index (χ0v) is 17.4. The Balaban J connectivity index is 1.61. The number of hydrogen-bond acceptors (Lipinski definition) is 7. The van der Waals surface area contributed by atoms with Crippen LogP contribution in [0.1, 0.15) is 34.3 Å². The van der Waals surface area contributed by atoms with Crippen LogP contribution in [0.2, 0.25) is 0 Å². The fourth-order valence-electron chi connectivity index (χ4n) is 3.35. The number of nitrogens with two attached hydrogens (primary N) is 2. The van der Waals surface area contributed by atoms with Crippen LogP contribution in [0, 0.1) is 5.92 Å². The Kier molecular flexibility index (Phi) is 7.03. The van der Waals surface area contributed by atoms with Crippen LogP contribution in [0.15, 0.2) is 41.4 Å². The van der Waals surface area contributed by atoms with Crippen LogP contribution in [-0.4, -0.2) is 48.4 Å². The molecule has 10 heteroatoms. The van der Waals surface area contributed by atoms with E-state index in [4.69, 9.17) is 11.5 Å². The summed E-state index contributed by atoms with van der Waals surface area (Å²) < 4.78 is 27.1. The lowest BCUT2D eigenvalue weighted by atomic mass is 10.00. The van der Waals surface area contributed by atoms with Gasteiger partial charge in [-0.1, -0.05) is 12.1 Å². The number of nitrogen functional groups attached to an aromatic ring is 1. The molecule has 1 aliphatic rings. The van der Waals surface area contributed by atoms with Crippen molar-refractivity contribution in [2.75, 3.05) is 25.4 Å². The molecular weight excluding hydrogens is 406 g/mol. The number of nitrogens with one attached hydrogen (secondary N) is 1. The van der Waals surface area contributed by atoms with Gasteiger partial charge in [-0.05, 0) is 42.5 Å². The number of aliphatic hydroxyl groups is 1. The average molecular weight is 434 g/mol. The van der Waals surface area contributed by atoms with Crippen LogP contribution < -0.4 is 16.8 Å². The average Bonchev–Trinajstić information content (AvgIpc) is 2.78. The number of benzene rings is 1. The summed E-state index contributed by atoms with van der Waals surface area (Å²) in [6.45, 7) is 1.34. The number of carbonyl (C=O) groups excluding carboxylic acids is 1. The molecule has 0 atom stereocenters. The van der Waals surface area contributed by atoms with Crippen LogP contribution in [-0.2, 0) is 23.1 Å². The van der Waals surface area contributed by atoms with Crippen molar-refractivity contribution in [3.05, 3.63) is 53.2 Å². The molecule has 1 saturated heterocycles. The molecule has 2 aromatic rings. The van der Waals surface area contributed by atoms with Gasteiger partial charge < -0.3 is 21.9 Å². The molecule has 2 heterocycles. The summed E-state index contributed by atoms with van der Waals surface area (Å²) in [6, 6.07) is 8.06. The molecule has 6 N–H and O–H groups in total. The predicted molar refractivity (Wildman–Crippen MR) is 113 cm³/mol. The maximum absolute atomic E-state index is 12.8. The Labute approximate surface area is 176 Å². The second-order valence-electron chi connectivity index (χ2n) is 7.33. The molecule has 1 aromatic carbocycles. The molecule has 0 saturated carbocycles. The Morgan fingerprint density at radius 1 is 1.23 bits per heavy atom. The van der Waals surface area contributed by atoms with E-state index in [1.165, 1.54) is 10.5 Å². The normalized spacial score (nSPS) is 15.8. The maximum atomic E-state index is 12.8. The summed E-state index contributed by atoms with van der Waals surface area (Å²) in [5.41, 5.74) is 13.0. The lowest BCUT2D eigenvalue weighted by Gasteiger charge is -2.30. The number of aromatic nitrogens is 1. The van der Waals surface area contributed by atoms with Crippen LogP contribution in [0.25, 0.3) is 0 Å². The highest BCUT2D eigenvalue weighted by Gasteiger charge is 2.29. The van der Waals surface area contributed by atoms with Gasteiger partial charge in [0.05, 0.1) is 10.5 Å². The standard InChI is InChI=1S/C20H27N5O4S/c21-10-16-9-17(12-23-19(16)22)20(27)24-11-14-1-3-18(4-2-14)30(28,29)25-7-5-15(13-26)6-8-25/h1-4,9,12,15,26H,5-8,10-11,13,21H2,(H2,22,23)(H,24,27). The number of amides is 1. The van der Waals surface area contributed by atoms with Crippen molar-refractivity contribution in [1.82, 2.24) is 14.6 Å². The molecule has 162 valence electrons. The van der Waals surface area contributed by atoms with Gasteiger partial charge in [0.2, 0.25) is 10.0 Å². The number of carbonyl (C=O) groups is 1. The minimum atomic E-state index is -3.56. The SMILES string of the molecule is NCc1cc(C(=O)NCc2ccc(S(=O)(=O)N3CCC(CO)CC3)cc2)cnc1N. The number of nitrogens with zero attached hydrogens (tertiary/aromatic N) is 2. The van der Waals surface area contributed by atoms with E-state index in [9.17, 15) is 18.3 Å². The molecule has 30 heavy (non-hydrogen) atoms. The zero-order chi connectivity index (χ0) is 21.7. The Morgan fingerprint density at radius 3 is 2.50 bits per heavy atom. The van der Waals surface area contributed by atoms with Crippen molar-refractivity contribution in [3.63, 3.8) is 0 Å². The third-order valence-corrected chi connectivity index (χ3v) is 7.24. The molecule has 0 unspecified atom stereocenters. The van der Waals surface area contributed by atoms with E-state index >= 15 is 0 Å². The van der Waals surface area contributed by atoms with Gasteiger partial charge in [0.1, 0.15) is 5.82 Å². The van der Waals surface area contributed by atoms with Gasteiger partial charge in [-0.2, -0.15) is 4.31 Å². The van der Waals surface area contributed by atoms with Gasteiger partial charge in [-0.3, -0.25) is 4.79 Å². The van der Waals surface area contributed by atoms with E-state index in [0.29, 0.717) is 42.9 Å². The lowest BCUT2D eigenvalue weighted by molar-refractivity contribution is 0.0950. The first-order valence-corrected chi connectivity index (χ1v) is 11.2. The van der Waals surface area contributed by atoms with E-state index in [1.54, 1.807) is 30.3 Å². The van der Waals surface area contributed by atoms with E-state index in [-0.39, 0.29) is 36.4 Å². The molecule has 0 spiro atoms. The van der Waals surface area contributed by atoms with Crippen LogP contribution in [0.5, 0.6) is 0 Å². The third kappa shape index (κ3) is 4.96. The third-order valence-electron chi connectivity index (χ3n) is 5.33. The van der Waals surface area contributed by atoms with Gasteiger partial charge >= 0.3 is 0 Å². The summed E-state index contributed by atoms with van der Waals surface area (Å²) in [5, 5.41) is 12.0. The molecule has 0 aliphatic carbocycles. The van der Waals surface area contributed by atoms with Crippen molar-refractivity contribution < 1.29 is 18.3 Å². The van der Waals surface area contributed by atoms with Crippen molar-refractivity contribution in [1.29, 1.82) is 0 Å². The van der Waals surface area contributed by atoms with Gasteiger partial charge in [-0.15, -0.1) is 0 Å². The Bertz CT molecular complexity index is 987. The van der Waals surface area contributed by atoms with E-state index in [2.05, 4.69) is 10.3 Å². The molecule has 1 amide bonds. The van der Waals surface area contributed by atoms with Gasteiger partial charge in [0.15, 0.2) is 0 Å². The van der Waals surface area contributed by atoms with Gasteiger partial charge in [0.25, 0.3) is 5.91 Å². The highest BCUT2D eigenvalue weighted by Crippen LogP contribution is 2.23. The lowest BCUT2D eigenvalue weighted by Crippen LogP contribution is -2.39. The molecular formula is C20H27N5O4S. The van der Waals surface area contributed by atoms with Crippen molar-refractivity contribution >= 4 is 21.7 Å². The number of sulfonamides is 1. The zero-order valence-electron chi connectivity index (χ0n) is 16.6. The molecule has 1 fully saturated rings. The molecule has 1 aromatic heterocycles. The number of hydrogen-bond donors (Lipinski definition) is 4. The van der Waals surface area contributed by atoms with Crippen molar-refractivity contribution in [2.45, 2.75) is 30.8 Å².